The van der Waals surface area contributed by atoms with Crippen molar-refractivity contribution >= 4 is 0 Å². The average Bonchev–Trinajstić information content (AvgIpc) is 2.89. The number of rotatable bonds is 6. The molecule has 3 N–H and O–H groups in total. The van der Waals surface area contributed by atoms with Crippen LogP contribution < -0.4 is 16.0 Å². The monoisotopic (exact) mass is 268 g/mol. The lowest BCUT2D eigenvalue weighted by Crippen LogP contribution is -2.29. The molecule has 1 atom stereocenters. The van der Waals surface area contributed by atoms with Gasteiger partial charge in [-0.15, -0.1) is 0 Å². The van der Waals surface area contributed by atoms with Gasteiger partial charge in [0.15, 0.2) is 0 Å². The second-order valence-corrected chi connectivity index (χ2v) is 3.95. The maximum Gasteiger partial charge on any atom is 0.387 e. The molecule has 0 aliphatic heterocycles. The molecule has 0 fully saturated rings. The van der Waals surface area contributed by atoms with Crippen molar-refractivity contribution in [1.82, 2.24) is 5.43 Å². The Bertz CT molecular complexity index is 486. The van der Waals surface area contributed by atoms with Gasteiger partial charge in [0.25, 0.3) is 0 Å². The topological polar surface area (TPSA) is 60.4 Å². The minimum atomic E-state index is -2.82. The van der Waals surface area contributed by atoms with Crippen LogP contribution in [0.15, 0.2) is 47.1 Å². The van der Waals surface area contributed by atoms with Crippen molar-refractivity contribution in [2.75, 3.05) is 0 Å². The summed E-state index contributed by atoms with van der Waals surface area (Å²) in [4.78, 5) is 0. The van der Waals surface area contributed by atoms with E-state index in [1.165, 1.54) is 12.1 Å². The Morgan fingerprint density at radius 3 is 2.47 bits per heavy atom. The highest BCUT2D eigenvalue weighted by molar-refractivity contribution is 5.29. The van der Waals surface area contributed by atoms with Gasteiger partial charge in [0, 0.05) is 6.42 Å². The zero-order valence-corrected chi connectivity index (χ0v) is 10.1. The molecule has 0 radical (unpaired) electrons. The Morgan fingerprint density at radius 2 is 1.95 bits per heavy atom. The molecular weight excluding hydrogens is 254 g/mol. The van der Waals surface area contributed by atoms with Gasteiger partial charge >= 0.3 is 6.61 Å². The van der Waals surface area contributed by atoms with Crippen LogP contribution in [0.5, 0.6) is 5.75 Å². The molecule has 2 aromatic rings. The van der Waals surface area contributed by atoms with Crippen LogP contribution in [0.25, 0.3) is 0 Å². The smallest absolute Gasteiger partial charge is 0.387 e. The SMILES string of the molecule is NNC(Cc1ccco1)c1ccc(OC(F)F)cc1. The summed E-state index contributed by atoms with van der Waals surface area (Å²) in [6, 6.07) is 9.81. The molecule has 102 valence electrons. The zero-order chi connectivity index (χ0) is 13.7. The average molecular weight is 268 g/mol. The van der Waals surface area contributed by atoms with Crippen molar-refractivity contribution in [2.45, 2.75) is 19.1 Å². The third kappa shape index (κ3) is 3.77. The van der Waals surface area contributed by atoms with E-state index < -0.39 is 6.61 Å². The van der Waals surface area contributed by atoms with E-state index >= 15 is 0 Å². The van der Waals surface area contributed by atoms with Crippen molar-refractivity contribution in [2.24, 2.45) is 5.84 Å². The fraction of sp³-hybridized carbons (Fsp3) is 0.231. The second kappa shape index (κ2) is 6.31. The van der Waals surface area contributed by atoms with Gasteiger partial charge in [-0.25, -0.2) is 0 Å². The summed E-state index contributed by atoms with van der Waals surface area (Å²) in [5.74, 6) is 6.40. The second-order valence-electron chi connectivity index (χ2n) is 3.95. The number of benzene rings is 1. The van der Waals surface area contributed by atoms with Gasteiger partial charge < -0.3 is 9.15 Å². The third-order valence-electron chi connectivity index (χ3n) is 2.69. The van der Waals surface area contributed by atoms with E-state index in [9.17, 15) is 8.78 Å². The van der Waals surface area contributed by atoms with Crippen LogP contribution in [-0.4, -0.2) is 6.61 Å². The summed E-state index contributed by atoms with van der Waals surface area (Å²) in [6.45, 7) is -2.82. The van der Waals surface area contributed by atoms with Crippen LogP contribution in [0.2, 0.25) is 0 Å². The molecule has 0 spiro atoms. The molecule has 2 rings (SSSR count). The van der Waals surface area contributed by atoms with Gasteiger partial charge in [-0.05, 0) is 29.8 Å². The molecule has 1 aromatic carbocycles. The number of halogens is 2. The summed E-state index contributed by atoms with van der Waals surface area (Å²) in [5, 5.41) is 0. The number of ether oxygens (including phenoxy) is 1. The van der Waals surface area contributed by atoms with Crippen LogP contribution in [0, 0.1) is 0 Å². The molecule has 0 aliphatic carbocycles. The zero-order valence-electron chi connectivity index (χ0n) is 10.1. The van der Waals surface area contributed by atoms with Gasteiger partial charge in [0.2, 0.25) is 0 Å². The number of hydrazine groups is 1. The Kier molecular flexibility index (Phi) is 4.48. The normalized spacial score (nSPS) is 12.6. The largest absolute Gasteiger partial charge is 0.469 e. The first-order valence-electron chi connectivity index (χ1n) is 5.72. The number of hydrogen-bond donors (Lipinski definition) is 2. The molecule has 1 unspecified atom stereocenters. The molecular formula is C13H14F2N2O2. The van der Waals surface area contributed by atoms with Crippen LogP contribution >= 0.6 is 0 Å². The number of nitrogens with two attached hydrogens (primary N) is 1. The van der Waals surface area contributed by atoms with Gasteiger partial charge in [0.1, 0.15) is 11.5 Å². The van der Waals surface area contributed by atoms with Crippen LogP contribution in [0.1, 0.15) is 17.4 Å². The number of nitrogens with one attached hydrogen (secondary N) is 1. The molecule has 0 saturated carbocycles. The van der Waals surface area contributed by atoms with Crippen molar-refractivity contribution in [1.29, 1.82) is 0 Å². The first-order chi connectivity index (χ1) is 9.19. The van der Waals surface area contributed by atoms with E-state index in [1.54, 1.807) is 24.5 Å². The Morgan fingerprint density at radius 1 is 1.21 bits per heavy atom. The first-order valence-corrected chi connectivity index (χ1v) is 5.72. The molecule has 1 aromatic heterocycles. The molecule has 4 nitrogen and oxygen atoms in total. The van der Waals surface area contributed by atoms with Crippen molar-refractivity contribution in [3.63, 3.8) is 0 Å². The van der Waals surface area contributed by atoms with Gasteiger partial charge in [-0.3, -0.25) is 11.3 Å². The van der Waals surface area contributed by atoms with Gasteiger partial charge in [-0.2, -0.15) is 8.78 Å². The van der Waals surface area contributed by atoms with Gasteiger partial charge in [0.05, 0.1) is 12.3 Å². The molecule has 0 saturated heterocycles. The lowest BCUT2D eigenvalue weighted by atomic mass is 10.0. The van der Waals surface area contributed by atoms with Crippen molar-refractivity contribution < 1.29 is 17.9 Å². The van der Waals surface area contributed by atoms with Gasteiger partial charge in [-0.1, -0.05) is 12.1 Å². The molecule has 6 heteroatoms. The Hall–Kier alpha value is -1.92. The summed E-state index contributed by atoms with van der Waals surface area (Å²) in [5.41, 5.74) is 3.53. The quantitative estimate of drug-likeness (QED) is 0.624. The van der Waals surface area contributed by atoms with Crippen molar-refractivity contribution in [3.8, 4) is 5.75 Å². The highest BCUT2D eigenvalue weighted by Crippen LogP contribution is 2.21. The van der Waals surface area contributed by atoms with Crippen molar-refractivity contribution in [3.05, 3.63) is 54.0 Å². The van der Waals surface area contributed by atoms with E-state index in [0.717, 1.165) is 11.3 Å². The molecule has 0 bridgehead atoms. The summed E-state index contributed by atoms with van der Waals surface area (Å²) < 4.78 is 33.6. The van der Waals surface area contributed by atoms with E-state index in [-0.39, 0.29) is 11.8 Å². The molecule has 0 aliphatic rings. The Labute approximate surface area is 109 Å². The summed E-state index contributed by atoms with van der Waals surface area (Å²) in [6.07, 6.45) is 2.15. The minimum absolute atomic E-state index is 0.118. The standard InChI is InChI=1S/C13H14F2N2O2/c14-13(15)19-10-5-3-9(4-6-10)12(17-16)8-11-2-1-7-18-11/h1-7,12-13,17H,8,16H2. The predicted molar refractivity (Wildman–Crippen MR) is 65.6 cm³/mol. The maximum atomic E-state index is 12.0. The van der Waals surface area contributed by atoms with Crippen LogP contribution in [0.4, 0.5) is 8.78 Å². The predicted octanol–water partition coefficient (Wildman–Crippen LogP) is 2.63. The fourth-order valence-electron chi connectivity index (χ4n) is 1.78. The van der Waals surface area contributed by atoms with Crippen LogP contribution in [0.3, 0.4) is 0 Å². The number of furan rings is 1. The maximum absolute atomic E-state index is 12.0. The third-order valence-corrected chi connectivity index (χ3v) is 2.69. The molecule has 0 amide bonds. The minimum Gasteiger partial charge on any atom is -0.469 e. The van der Waals surface area contributed by atoms with Crippen LogP contribution in [-0.2, 0) is 6.42 Å². The summed E-state index contributed by atoms with van der Waals surface area (Å²) in [7, 11) is 0. The molecule has 1 heterocycles. The number of hydrogen-bond acceptors (Lipinski definition) is 4. The summed E-state index contributed by atoms with van der Waals surface area (Å²) >= 11 is 0. The van der Waals surface area contributed by atoms with E-state index in [2.05, 4.69) is 10.2 Å². The van der Waals surface area contributed by atoms with E-state index in [4.69, 9.17) is 10.3 Å². The molecule has 19 heavy (non-hydrogen) atoms. The highest BCUT2D eigenvalue weighted by Gasteiger charge is 2.13. The highest BCUT2D eigenvalue weighted by atomic mass is 19.3. The first kappa shape index (κ1) is 13.5. The lowest BCUT2D eigenvalue weighted by Gasteiger charge is -2.15. The van der Waals surface area contributed by atoms with E-state index in [1.807, 2.05) is 6.07 Å². The Balaban J connectivity index is 2.06. The lowest BCUT2D eigenvalue weighted by molar-refractivity contribution is -0.0498. The van der Waals surface area contributed by atoms with E-state index in [0.29, 0.717) is 6.42 Å². The fourth-order valence-corrected chi connectivity index (χ4v) is 1.78. The number of alkyl halides is 2.